The summed E-state index contributed by atoms with van der Waals surface area (Å²) in [6.45, 7) is 7.18. The van der Waals surface area contributed by atoms with Gasteiger partial charge in [-0.1, -0.05) is 47.2 Å². The maximum atomic E-state index is 12.7. The first-order chi connectivity index (χ1) is 14.4. The van der Waals surface area contributed by atoms with E-state index < -0.39 is 9.84 Å². The van der Waals surface area contributed by atoms with Crippen molar-refractivity contribution in [2.24, 2.45) is 0 Å². The van der Waals surface area contributed by atoms with Crippen molar-refractivity contribution in [2.45, 2.75) is 49.5 Å². The summed E-state index contributed by atoms with van der Waals surface area (Å²) >= 11 is 1.57. The molecule has 160 valence electrons. The molecule has 1 heterocycles. The maximum Gasteiger partial charge on any atom is 0.191 e. The van der Waals surface area contributed by atoms with Crippen LogP contribution < -0.4 is 4.74 Å². The summed E-state index contributed by atoms with van der Waals surface area (Å²) in [6.07, 6.45) is 0.853. The van der Waals surface area contributed by atoms with E-state index in [4.69, 9.17) is 4.74 Å². The van der Waals surface area contributed by atoms with Gasteiger partial charge in [-0.05, 0) is 51.5 Å². The maximum absolute atomic E-state index is 12.7. The van der Waals surface area contributed by atoms with Crippen molar-refractivity contribution in [1.82, 2.24) is 14.8 Å². The third-order valence-corrected chi connectivity index (χ3v) is 7.30. The molecular weight excluding hydrogens is 418 g/mol. The van der Waals surface area contributed by atoms with E-state index in [2.05, 4.69) is 10.2 Å². The fourth-order valence-corrected chi connectivity index (χ4v) is 5.10. The van der Waals surface area contributed by atoms with Gasteiger partial charge < -0.3 is 9.30 Å². The van der Waals surface area contributed by atoms with Gasteiger partial charge in [0.25, 0.3) is 0 Å². The molecule has 6 nitrogen and oxygen atoms in total. The van der Waals surface area contributed by atoms with Crippen molar-refractivity contribution < 1.29 is 13.2 Å². The highest BCUT2D eigenvalue weighted by atomic mass is 32.2. The number of ether oxygens (including phenoxy) is 1. The standard InChI is InChI=1S/C22H27N3O3S2/c1-4-25-21(16-30(26,27)20-12-8-18(3)9-13-20)23-24-22(25)29-15-5-14-28-19-10-6-17(2)7-11-19/h6-13H,4-5,14-16H2,1-3H3. The molecule has 0 saturated heterocycles. The van der Waals surface area contributed by atoms with Crippen LogP contribution in [0.15, 0.2) is 58.6 Å². The molecule has 0 spiro atoms. The molecule has 8 heteroatoms. The van der Waals surface area contributed by atoms with Gasteiger partial charge in [-0.15, -0.1) is 10.2 Å². The molecule has 3 rings (SSSR count). The van der Waals surface area contributed by atoms with E-state index in [9.17, 15) is 8.42 Å². The van der Waals surface area contributed by atoms with Crippen molar-refractivity contribution >= 4 is 21.6 Å². The van der Waals surface area contributed by atoms with Gasteiger partial charge in [0.15, 0.2) is 15.0 Å². The van der Waals surface area contributed by atoms with E-state index in [0.29, 0.717) is 23.9 Å². The number of aryl methyl sites for hydroxylation is 2. The molecule has 0 aliphatic heterocycles. The molecule has 0 bridgehead atoms. The lowest BCUT2D eigenvalue weighted by atomic mass is 10.2. The zero-order valence-electron chi connectivity index (χ0n) is 17.5. The van der Waals surface area contributed by atoms with Crippen molar-refractivity contribution in [3.63, 3.8) is 0 Å². The third-order valence-electron chi connectivity index (χ3n) is 4.62. The first kappa shape index (κ1) is 22.4. The lowest BCUT2D eigenvalue weighted by Gasteiger charge is -2.09. The highest BCUT2D eigenvalue weighted by molar-refractivity contribution is 7.99. The van der Waals surface area contributed by atoms with Gasteiger partial charge in [-0.3, -0.25) is 0 Å². The van der Waals surface area contributed by atoms with Gasteiger partial charge in [0.2, 0.25) is 0 Å². The van der Waals surface area contributed by atoms with Gasteiger partial charge in [0.05, 0.1) is 11.5 Å². The number of thioether (sulfide) groups is 1. The Morgan fingerprint density at radius 3 is 2.23 bits per heavy atom. The van der Waals surface area contributed by atoms with Crippen LogP contribution in [0.25, 0.3) is 0 Å². The van der Waals surface area contributed by atoms with Crippen LogP contribution in [0.5, 0.6) is 5.75 Å². The van der Waals surface area contributed by atoms with Crippen molar-refractivity contribution in [3.8, 4) is 5.75 Å². The second-order valence-electron chi connectivity index (χ2n) is 7.08. The summed E-state index contributed by atoms with van der Waals surface area (Å²) in [7, 11) is -3.46. The molecule has 0 aliphatic rings. The fourth-order valence-electron chi connectivity index (χ4n) is 2.90. The van der Waals surface area contributed by atoms with Crippen LogP contribution in [-0.2, 0) is 22.1 Å². The molecule has 0 amide bonds. The fraction of sp³-hybridized carbons (Fsp3) is 0.364. The number of nitrogens with zero attached hydrogens (tertiary/aromatic N) is 3. The molecular formula is C22H27N3O3S2. The van der Waals surface area contributed by atoms with Crippen LogP contribution in [-0.4, -0.2) is 35.5 Å². The van der Waals surface area contributed by atoms with Crippen LogP contribution in [0.1, 0.15) is 30.3 Å². The Balaban J connectivity index is 1.56. The van der Waals surface area contributed by atoms with Crippen LogP contribution in [0, 0.1) is 13.8 Å². The Labute approximate surface area is 182 Å². The monoisotopic (exact) mass is 445 g/mol. The Morgan fingerprint density at radius 1 is 0.967 bits per heavy atom. The largest absolute Gasteiger partial charge is 0.494 e. The van der Waals surface area contributed by atoms with E-state index in [1.807, 2.05) is 49.6 Å². The summed E-state index contributed by atoms with van der Waals surface area (Å²) in [5, 5.41) is 9.10. The molecule has 2 aromatic carbocycles. The van der Waals surface area contributed by atoms with Crippen molar-refractivity contribution in [3.05, 3.63) is 65.5 Å². The summed E-state index contributed by atoms with van der Waals surface area (Å²) in [6, 6.07) is 14.9. The number of hydrogen-bond donors (Lipinski definition) is 0. The predicted octanol–water partition coefficient (Wildman–Crippen LogP) is 4.45. The summed E-state index contributed by atoms with van der Waals surface area (Å²) in [5.74, 6) is 1.99. The Hall–Kier alpha value is -2.32. The molecule has 0 unspecified atom stereocenters. The Bertz CT molecular complexity index is 1060. The van der Waals surface area contributed by atoms with E-state index >= 15 is 0 Å². The topological polar surface area (TPSA) is 74.1 Å². The zero-order valence-corrected chi connectivity index (χ0v) is 19.2. The molecule has 0 radical (unpaired) electrons. The lowest BCUT2D eigenvalue weighted by Crippen LogP contribution is -2.11. The van der Waals surface area contributed by atoms with Gasteiger partial charge >= 0.3 is 0 Å². The average Bonchev–Trinajstić information content (AvgIpc) is 3.10. The van der Waals surface area contributed by atoms with E-state index in [0.717, 1.165) is 28.6 Å². The Morgan fingerprint density at radius 2 is 1.60 bits per heavy atom. The van der Waals surface area contributed by atoms with E-state index in [-0.39, 0.29) is 5.75 Å². The molecule has 30 heavy (non-hydrogen) atoms. The van der Waals surface area contributed by atoms with Crippen molar-refractivity contribution in [1.29, 1.82) is 0 Å². The zero-order chi connectivity index (χ0) is 21.6. The second kappa shape index (κ2) is 10.1. The molecule has 1 aromatic heterocycles. The molecule has 0 N–H and O–H groups in total. The van der Waals surface area contributed by atoms with Crippen LogP contribution in [0.2, 0.25) is 0 Å². The molecule has 0 saturated carbocycles. The number of benzene rings is 2. The van der Waals surface area contributed by atoms with Gasteiger partial charge in [-0.2, -0.15) is 0 Å². The van der Waals surface area contributed by atoms with Crippen LogP contribution in [0.4, 0.5) is 0 Å². The minimum atomic E-state index is -3.46. The first-order valence-electron chi connectivity index (χ1n) is 9.93. The minimum absolute atomic E-state index is 0.159. The van der Waals surface area contributed by atoms with Crippen LogP contribution >= 0.6 is 11.8 Å². The number of aromatic nitrogens is 3. The van der Waals surface area contributed by atoms with Gasteiger partial charge in [-0.25, -0.2) is 8.42 Å². The number of hydrogen-bond acceptors (Lipinski definition) is 6. The highest BCUT2D eigenvalue weighted by Crippen LogP contribution is 2.22. The first-order valence-corrected chi connectivity index (χ1v) is 12.6. The quantitative estimate of drug-likeness (QED) is 0.339. The Kier molecular flexibility index (Phi) is 7.55. The minimum Gasteiger partial charge on any atom is -0.494 e. The lowest BCUT2D eigenvalue weighted by molar-refractivity contribution is 0.318. The summed E-state index contributed by atoms with van der Waals surface area (Å²) < 4.78 is 33.1. The van der Waals surface area contributed by atoms with Crippen molar-refractivity contribution in [2.75, 3.05) is 12.4 Å². The molecule has 0 fully saturated rings. The number of sulfone groups is 1. The van der Waals surface area contributed by atoms with Gasteiger partial charge in [0.1, 0.15) is 17.3 Å². The second-order valence-corrected chi connectivity index (χ2v) is 10.1. The molecule has 0 aliphatic carbocycles. The van der Waals surface area contributed by atoms with Gasteiger partial charge in [0, 0.05) is 12.3 Å². The highest BCUT2D eigenvalue weighted by Gasteiger charge is 2.21. The average molecular weight is 446 g/mol. The van der Waals surface area contributed by atoms with E-state index in [1.54, 1.807) is 36.0 Å². The molecule has 3 aromatic rings. The summed E-state index contributed by atoms with van der Waals surface area (Å²) in [5.41, 5.74) is 2.23. The molecule has 0 atom stereocenters. The predicted molar refractivity (Wildman–Crippen MR) is 120 cm³/mol. The SMILES string of the molecule is CCn1c(CS(=O)(=O)c2ccc(C)cc2)nnc1SCCCOc1ccc(C)cc1. The number of rotatable bonds is 10. The summed E-state index contributed by atoms with van der Waals surface area (Å²) in [4.78, 5) is 0.307. The smallest absolute Gasteiger partial charge is 0.191 e. The van der Waals surface area contributed by atoms with Crippen LogP contribution in [0.3, 0.4) is 0 Å². The van der Waals surface area contributed by atoms with E-state index in [1.165, 1.54) is 5.56 Å². The third kappa shape index (κ3) is 5.86. The normalized spacial score (nSPS) is 11.6.